The molecule has 0 N–H and O–H groups in total. The summed E-state index contributed by atoms with van der Waals surface area (Å²) in [6.07, 6.45) is 2.74. The zero-order chi connectivity index (χ0) is 14.1. The number of methoxy groups -OCH3 is 1. The molecule has 2 aliphatic heterocycles. The van der Waals surface area contributed by atoms with Crippen LogP contribution in [0.3, 0.4) is 0 Å². The average Bonchev–Trinajstić information content (AvgIpc) is 3.11. The van der Waals surface area contributed by atoms with E-state index < -0.39 is 0 Å². The van der Waals surface area contributed by atoms with Crippen molar-refractivity contribution in [3.63, 3.8) is 0 Å². The van der Waals surface area contributed by atoms with Gasteiger partial charge in [-0.1, -0.05) is 0 Å². The maximum Gasteiger partial charge on any atom is 0.289 e. The second-order valence-electron chi connectivity index (χ2n) is 5.72. The van der Waals surface area contributed by atoms with E-state index in [-0.39, 0.29) is 12.0 Å². The van der Waals surface area contributed by atoms with Crippen LogP contribution in [0.4, 0.5) is 0 Å². The maximum absolute atomic E-state index is 12.4. The number of amides is 1. The van der Waals surface area contributed by atoms with Gasteiger partial charge in [-0.15, -0.1) is 0 Å². The molecule has 0 spiro atoms. The lowest BCUT2D eigenvalue weighted by atomic mass is 9.91. The Balaban J connectivity index is 1.65. The summed E-state index contributed by atoms with van der Waals surface area (Å²) in [6.45, 7) is 4.87. The number of hydrogen-bond acceptors (Lipinski definition) is 4. The Hall–Kier alpha value is -1.33. The summed E-state index contributed by atoms with van der Waals surface area (Å²) in [7, 11) is 1.72. The lowest BCUT2D eigenvalue weighted by molar-refractivity contribution is 0.0640. The monoisotopic (exact) mass is 279 g/mol. The lowest BCUT2D eigenvalue weighted by Crippen LogP contribution is -2.31. The molecule has 2 saturated heterocycles. The summed E-state index contributed by atoms with van der Waals surface area (Å²) in [5.41, 5.74) is 0.893. The highest BCUT2D eigenvalue weighted by Gasteiger charge is 2.45. The number of nitrogens with zero attached hydrogens (tertiary/aromatic N) is 1. The van der Waals surface area contributed by atoms with Crippen LogP contribution in [0.5, 0.6) is 0 Å². The van der Waals surface area contributed by atoms with Gasteiger partial charge < -0.3 is 18.8 Å². The zero-order valence-electron chi connectivity index (χ0n) is 12.0. The quantitative estimate of drug-likeness (QED) is 0.842. The minimum atomic E-state index is -0.0176. The molecule has 3 atom stereocenters. The Morgan fingerprint density at radius 2 is 2.35 bits per heavy atom. The summed E-state index contributed by atoms with van der Waals surface area (Å²) in [4.78, 5) is 14.3. The normalized spacial score (nSPS) is 28.9. The highest BCUT2D eigenvalue weighted by Crippen LogP contribution is 2.36. The fourth-order valence-corrected chi connectivity index (χ4v) is 3.27. The molecule has 0 unspecified atom stereocenters. The van der Waals surface area contributed by atoms with Crippen LogP contribution in [0.15, 0.2) is 16.7 Å². The van der Waals surface area contributed by atoms with Crippen molar-refractivity contribution in [2.45, 2.75) is 19.4 Å². The van der Waals surface area contributed by atoms with Gasteiger partial charge in [-0.05, 0) is 25.3 Å². The van der Waals surface area contributed by atoms with Gasteiger partial charge in [-0.3, -0.25) is 4.79 Å². The molecule has 1 amide bonds. The van der Waals surface area contributed by atoms with Gasteiger partial charge in [0.15, 0.2) is 5.76 Å². The minimum Gasteiger partial charge on any atom is -0.459 e. The van der Waals surface area contributed by atoms with Crippen molar-refractivity contribution < 1.29 is 18.7 Å². The second-order valence-corrected chi connectivity index (χ2v) is 5.72. The second kappa shape index (κ2) is 5.58. The molecular formula is C15H21NO4. The molecule has 0 aromatic carbocycles. The van der Waals surface area contributed by atoms with Gasteiger partial charge in [0.2, 0.25) is 0 Å². The lowest BCUT2D eigenvalue weighted by Gasteiger charge is -2.19. The Morgan fingerprint density at radius 1 is 1.50 bits per heavy atom. The van der Waals surface area contributed by atoms with Crippen molar-refractivity contribution >= 4 is 5.91 Å². The van der Waals surface area contributed by atoms with Crippen LogP contribution in [0.2, 0.25) is 0 Å². The number of carbonyl (C=O) groups is 1. The predicted octanol–water partition coefficient (Wildman–Crippen LogP) is 1.71. The van der Waals surface area contributed by atoms with Crippen molar-refractivity contribution in [2.24, 2.45) is 11.8 Å². The summed E-state index contributed by atoms with van der Waals surface area (Å²) in [6, 6.07) is 1.82. The van der Waals surface area contributed by atoms with Crippen molar-refractivity contribution in [1.29, 1.82) is 0 Å². The van der Waals surface area contributed by atoms with Crippen LogP contribution in [-0.2, 0) is 9.47 Å². The topological polar surface area (TPSA) is 51.9 Å². The molecule has 1 aromatic heterocycles. The van der Waals surface area contributed by atoms with Gasteiger partial charge in [0.1, 0.15) is 0 Å². The van der Waals surface area contributed by atoms with Gasteiger partial charge >= 0.3 is 0 Å². The Labute approximate surface area is 118 Å². The van der Waals surface area contributed by atoms with E-state index in [9.17, 15) is 4.79 Å². The highest BCUT2D eigenvalue weighted by atomic mass is 16.5. The summed E-state index contributed by atoms with van der Waals surface area (Å²) in [5.74, 6) is 1.37. The molecule has 5 nitrogen and oxygen atoms in total. The summed E-state index contributed by atoms with van der Waals surface area (Å²) < 4.78 is 16.3. The summed E-state index contributed by atoms with van der Waals surface area (Å²) >= 11 is 0. The number of likely N-dealkylation sites (tertiary alicyclic amines) is 1. The third kappa shape index (κ3) is 2.36. The van der Waals surface area contributed by atoms with E-state index in [1.54, 1.807) is 13.4 Å². The number of fused-ring (bicyclic) bond motifs is 1. The van der Waals surface area contributed by atoms with E-state index in [0.717, 1.165) is 31.7 Å². The van der Waals surface area contributed by atoms with E-state index in [0.29, 0.717) is 24.1 Å². The van der Waals surface area contributed by atoms with Gasteiger partial charge in [0.05, 0.1) is 19.0 Å². The standard InChI is InChI=1S/C15H21NO4/c1-10-3-6-19-14(10)15(17)16-7-12-11(4-5-18-2)9-20-13(12)8-16/h3,6,11-13H,4-5,7-9H2,1-2H3/t11-,12-,13-/m0/s1. The first-order valence-corrected chi connectivity index (χ1v) is 7.14. The molecule has 3 heterocycles. The molecular weight excluding hydrogens is 258 g/mol. The Morgan fingerprint density at radius 3 is 3.05 bits per heavy atom. The fourth-order valence-electron chi connectivity index (χ4n) is 3.27. The zero-order valence-corrected chi connectivity index (χ0v) is 12.0. The predicted molar refractivity (Wildman–Crippen MR) is 72.6 cm³/mol. The number of carbonyl (C=O) groups excluding carboxylic acids is 1. The molecule has 0 aliphatic carbocycles. The third-order valence-corrected chi connectivity index (χ3v) is 4.48. The van der Waals surface area contributed by atoms with Crippen molar-refractivity contribution in [3.05, 3.63) is 23.7 Å². The van der Waals surface area contributed by atoms with Crippen LogP contribution in [-0.4, -0.2) is 50.3 Å². The molecule has 5 heteroatoms. The Kier molecular flexibility index (Phi) is 3.81. The summed E-state index contributed by atoms with van der Waals surface area (Å²) in [5, 5.41) is 0. The first-order chi connectivity index (χ1) is 9.70. The molecule has 0 saturated carbocycles. The van der Waals surface area contributed by atoms with E-state index in [2.05, 4.69) is 0 Å². The molecule has 3 rings (SSSR count). The van der Waals surface area contributed by atoms with Crippen molar-refractivity contribution in [1.82, 2.24) is 4.90 Å². The first kappa shape index (κ1) is 13.6. The molecule has 20 heavy (non-hydrogen) atoms. The van der Waals surface area contributed by atoms with Crippen LogP contribution in [0.1, 0.15) is 22.5 Å². The smallest absolute Gasteiger partial charge is 0.289 e. The largest absolute Gasteiger partial charge is 0.459 e. The maximum atomic E-state index is 12.4. The van der Waals surface area contributed by atoms with E-state index >= 15 is 0 Å². The van der Waals surface area contributed by atoms with Gasteiger partial charge in [-0.2, -0.15) is 0 Å². The molecule has 1 aromatic rings. The average molecular weight is 279 g/mol. The minimum absolute atomic E-state index is 0.0176. The molecule has 110 valence electrons. The number of rotatable bonds is 4. The van der Waals surface area contributed by atoms with Crippen LogP contribution in [0.25, 0.3) is 0 Å². The number of hydrogen-bond donors (Lipinski definition) is 0. The van der Waals surface area contributed by atoms with Crippen molar-refractivity contribution in [3.8, 4) is 0 Å². The van der Waals surface area contributed by atoms with Crippen LogP contribution >= 0.6 is 0 Å². The molecule has 2 fully saturated rings. The Bertz CT molecular complexity index is 484. The third-order valence-electron chi connectivity index (χ3n) is 4.48. The molecule has 0 bridgehead atoms. The van der Waals surface area contributed by atoms with Gasteiger partial charge in [-0.25, -0.2) is 0 Å². The van der Waals surface area contributed by atoms with Crippen LogP contribution < -0.4 is 0 Å². The number of furan rings is 1. The molecule has 2 aliphatic rings. The van der Waals surface area contributed by atoms with E-state index in [1.807, 2.05) is 17.9 Å². The SMILES string of the molecule is COCC[C@H]1CO[C@H]2CN(C(=O)c3occc3C)C[C@@H]12. The van der Waals surface area contributed by atoms with Gasteiger partial charge in [0, 0.05) is 38.3 Å². The molecule has 0 radical (unpaired) electrons. The number of ether oxygens (including phenoxy) is 2. The van der Waals surface area contributed by atoms with Gasteiger partial charge in [0.25, 0.3) is 5.91 Å². The van der Waals surface area contributed by atoms with Crippen molar-refractivity contribution in [2.75, 3.05) is 33.4 Å². The van der Waals surface area contributed by atoms with Crippen LogP contribution in [0, 0.1) is 18.8 Å². The van der Waals surface area contributed by atoms with E-state index in [1.165, 1.54) is 0 Å². The number of aryl methyl sites for hydroxylation is 1. The fraction of sp³-hybridized carbons (Fsp3) is 0.667. The highest BCUT2D eigenvalue weighted by molar-refractivity contribution is 5.93. The van der Waals surface area contributed by atoms with E-state index in [4.69, 9.17) is 13.9 Å². The first-order valence-electron chi connectivity index (χ1n) is 7.14.